The molecule has 164 valence electrons. The van der Waals surface area contributed by atoms with Crippen LogP contribution in [-0.4, -0.2) is 29.9 Å². The van der Waals surface area contributed by atoms with E-state index in [2.05, 4.69) is 11.9 Å². The van der Waals surface area contributed by atoms with Crippen molar-refractivity contribution in [3.8, 4) is 0 Å². The molecule has 2 aromatic rings. The van der Waals surface area contributed by atoms with Crippen molar-refractivity contribution in [1.82, 2.24) is 0 Å². The first-order valence-electron chi connectivity index (χ1n) is 9.47. The van der Waals surface area contributed by atoms with E-state index in [9.17, 15) is 26.3 Å². The Kier molecular flexibility index (Phi) is 9.55. The summed E-state index contributed by atoms with van der Waals surface area (Å²) in [6, 6.07) is 10.4. The molecule has 0 amide bonds. The second-order valence-electron chi connectivity index (χ2n) is 6.66. The van der Waals surface area contributed by atoms with Crippen LogP contribution in [0.1, 0.15) is 50.2 Å². The van der Waals surface area contributed by atoms with E-state index in [4.69, 9.17) is 0 Å². The predicted molar refractivity (Wildman–Crippen MR) is 111 cm³/mol. The van der Waals surface area contributed by atoms with Gasteiger partial charge in [0.25, 0.3) is 0 Å². The van der Waals surface area contributed by atoms with Crippen LogP contribution in [0.4, 0.5) is 26.3 Å². The fraction of sp³-hybridized carbons (Fsp3) is 0.364. The van der Waals surface area contributed by atoms with Crippen molar-refractivity contribution < 1.29 is 26.3 Å². The molecule has 0 radical (unpaired) electrons. The number of rotatable bonds is 9. The molecule has 0 aliphatic carbocycles. The van der Waals surface area contributed by atoms with Gasteiger partial charge in [-0.3, -0.25) is 0 Å². The fourth-order valence-electron chi connectivity index (χ4n) is 2.58. The second kappa shape index (κ2) is 11.4. The maximum atomic E-state index is 12.8. The third-order valence-electron chi connectivity index (χ3n) is 4.22. The Morgan fingerprint density at radius 2 is 1.23 bits per heavy atom. The molecule has 0 unspecified atom stereocenters. The summed E-state index contributed by atoms with van der Waals surface area (Å²) >= 11 is -0.234. The number of halogens is 6. The Morgan fingerprint density at radius 3 is 1.70 bits per heavy atom. The Balaban J connectivity index is 2.09. The topological polar surface area (TPSA) is 0 Å². The van der Waals surface area contributed by atoms with Crippen LogP contribution >= 0.6 is 0 Å². The summed E-state index contributed by atoms with van der Waals surface area (Å²) in [7, 11) is 0. The molecular weight excluding hydrogens is 536 g/mol. The van der Waals surface area contributed by atoms with Crippen LogP contribution in [0.15, 0.2) is 58.0 Å². The van der Waals surface area contributed by atoms with Gasteiger partial charge in [-0.15, -0.1) is 0 Å². The molecule has 0 N–H and O–H groups in total. The Labute approximate surface area is 185 Å². The first kappa shape index (κ1) is 25.1. The summed E-state index contributed by atoms with van der Waals surface area (Å²) in [5.41, 5.74) is -1.33. The fourth-order valence-corrected chi connectivity index (χ4v) is 6.88. The van der Waals surface area contributed by atoms with Crippen molar-refractivity contribution in [2.45, 2.75) is 51.4 Å². The van der Waals surface area contributed by atoms with Gasteiger partial charge >= 0.3 is 186 Å². The summed E-state index contributed by atoms with van der Waals surface area (Å²) in [6.45, 7) is 2.12. The Hall–Kier alpha value is -1.20. The van der Waals surface area contributed by atoms with Gasteiger partial charge in [0.1, 0.15) is 0 Å². The molecule has 0 bridgehead atoms. The van der Waals surface area contributed by atoms with Crippen LogP contribution in [0.5, 0.6) is 0 Å². The number of unbranched alkanes of at least 4 members (excludes halogenated alkanes) is 3. The Morgan fingerprint density at radius 1 is 0.733 bits per heavy atom. The number of benzene rings is 2. The molecule has 0 atom stereocenters. The van der Waals surface area contributed by atoms with Crippen molar-refractivity contribution >= 4 is 38.8 Å². The van der Waals surface area contributed by atoms with E-state index in [1.807, 2.05) is 0 Å². The number of alkyl halides is 6. The van der Waals surface area contributed by atoms with Crippen molar-refractivity contribution in [2.75, 3.05) is 0 Å². The number of hydrogen-bond acceptors (Lipinski definition) is 0. The SMILES string of the molecule is CCCCCC/C(=C/[Se]c1ccc(C(F)(F)F)cc1)[Se]c1ccc(C(F)(F)F)cc1. The van der Waals surface area contributed by atoms with Crippen LogP contribution in [0.3, 0.4) is 0 Å². The summed E-state index contributed by atoms with van der Waals surface area (Å²) in [5, 5.41) is 0. The number of allylic oxidation sites excluding steroid dienone is 1. The van der Waals surface area contributed by atoms with Crippen LogP contribution in [0.2, 0.25) is 0 Å². The average molecular weight is 558 g/mol. The summed E-state index contributed by atoms with van der Waals surface area (Å²) < 4.78 is 79.3. The normalized spacial score (nSPS) is 13.0. The minimum absolute atomic E-state index is 0.107. The molecular formula is C22H22F6Se2. The van der Waals surface area contributed by atoms with Crippen LogP contribution < -0.4 is 8.92 Å². The van der Waals surface area contributed by atoms with E-state index in [0.717, 1.165) is 65.3 Å². The van der Waals surface area contributed by atoms with Crippen molar-refractivity contribution in [1.29, 1.82) is 0 Å². The average Bonchev–Trinajstić information content (AvgIpc) is 2.68. The monoisotopic (exact) mass is 560 g/mol. The Bertz CT molecular complexity index is 806. The van der Waals surface area contributed by atoms with E-state index in [0.29, 0.717) is 0 Å². The van der Waals surface area contributed by atoms with Crippen LogP contribution in [0, 0.1) is 0 Å². The molecule has 8 heteroatoms. The standard InChI is InChI=1S/C22H22F6Se2/c1-2-3-4-5-6-20(30-19-13-9-17(10-14-19)22(26,27)28)15-29-18-11-7-16(8-12-18)21(23,24)25/h7-15H,2-6H2,1H3/b20-15-. The van der Waals surface area contributed by atoms with Crippen molar-refractivity contribution in [2.24, 2.45) is 0 Å². The molecule has 0 nitrogen and oxygen atoms in total. The second-order valence-corrected chi connectivity index (χ2v) is 11.2. The molecule has 0 aromatic heterocycles. The molecule has 0 heterocycles. The predicted octanol–water partition coefficient (Wildman–Crippen LogP) is 5.90. The van der Waals surface area contributed by atoms with E-state index in [1.165, 1.54) is 28.7 Å². The molecule has 0 fully saturated rings. The molecule has 0 saturated carbocycles. The maximum absolute atomic E-state index is 12.8. The molecule has 0 aliphatic heterocycles. The van der Waals surface area contributed by atoms with Gasteiger partial charge in [0.15, 0.2) is 0 Å². The zero-order valence-corrected chi connectivity index (χ0v) is 19.7. The van der Waals surface area contributed by atoms with Gasteiger partial charge in [0, 0.05) is 0 Å². The molecule has 0 aliphatic rings. The van der Waals surface area contributed by atoms with Gasteiger partial charge in [-0.05, 0) is 0 Å². The van der Waals surface area contributed by atoms with Crippen LogP contribution in [0.25, 0.3) is 0 Å². The molecule has 2 rings (SSSR count). The van der Waals surface area contributed by atoms with Gasteiger partial charge in [0.2, 0.25) is 0 Å². The summed E-state index contributed by atoms with van der Waals surface area (Å²) in [4.78, 5) is 2.08. The van der Waals surface area contributed by atoms with E-state index in [1.54, 1.807) is 0 Å². The van der Waals surface area contributed by atoms with E-state index < -0.39 is 23.5 Å². The van der Waals surface area contributed by atoms with E-state index in [-0.39, 0.29) is 29.9 Å². The summed E-state index contributed by atoms with van der Waals surface area (Å²) in [5.74, 6) is 0. The molecule has 30 heavy (non-hydrogen) atoms. The minimum atomic E-state index is -4.35. The molecule has 0 saturated heterocycles. The number of hydrogen-bond donors (Lipinski definition) is 0. The van der Waals surface area contributed by atoms with Gasteiger partial charge in [-0.1, -0.05) is 0 Å². The van der Waals surface area contributed by atoms with Crippen LogP contribution in [-0.2, 0) is 12.4 Å². The summed E-state index contributed by atoms with van der Waals surface area (Å²) in [6.07, 6.45) is -3.50. The first-order chi connectivity index (χ1) is 14.1. The van der Waals surface area contributed by atoms with E-state index >= 15 is 0 Å². The zero-order valence-electron chi connectivity index (χ0n) is 16.3. The van der Waals surface area contributed by atoms with Crippen molar-refractivity contribution in [3.05, 3.63) is 69.1 Å². The molecule has 0 spiro atoms. The quantitative estimate of drug-likeness (QED) is 0.205. The van der Waals surface area contributed by atoms with Gasteiger partial charge in [-0.2, -0.15) is 0 Å². The first-order valence-corrected chi connectivity index (χ1v) is 13.0. The van der Waals surface area contributed by atoms with Gasteiger partial charge in [0.05, 0.1) is 0 Å². The van der Waals surface area contributed by atoms with Gasteiger partial charge < -0.3 is 0 Å². The zero-order chi connectivity index (χ0) is 22.2. The van der Waals surface area contributed by atoms with Gasteiger partial charge in [-0.25, -0.2) is 0 Å². The van der Waals surface area contributed by atoms with Crippen molar-refractivity contribution in [3.63, 3.8) is 0 Å². The third-order valence-corrected chi connectivity index (χ3v) is 9.25. The molecule has 2 aromatic carbocycles. The third kappa shape index (κ3) is 8.50.